The summed E-state index contributed by atoms with van der Waals surface area (Å²) in [7, 11) is -3.60. The second kappa shape index (κ2) is 9.27. The van der Waals surface area contributed by atoms with Crippen LogP contribution in [0.4, 0.5) is 0 Å². The molecule has 6 heteroatoms. The Morgan fingerprint density at radius 3 is 2.48 bits per heavy atom. The van der Waals surface area contributed by atoms with Crippen LogP contribution in [0.3, 0.4) is 0 Å². The van der Waals surface area contributed by atoms with E-state index in [9.17, 15) is 13.2 Å². The van der Waals surface area contributed by atoms with Crippen LogP contribution in [-0.4, -0.2) is 38.9 Å². The standard InChI is InChI=1S/C17H24N2O3S/c1-4-7-11-18-23(21,22)16-10-8-9-15(14-16)17(20)19(12-5-2)13-6-3/h5-6,8-10,14,18H,2-4,7,11-13H2,1H3. The summed E-state index contributed by atoms with van der Waals surface area (Å²) in [5.74, 6) is -0.254. The molecule has 0 unspecified atom stereocenters. The van der Waals surface area contributed by atoms with Crippen molar-refractivity contribution in [2.45, 2.75) is 24.7 Å². The number of hydrogen-bond acceptors (Lipinski definition) is 3. The summed E-state index contributed by atoms with van der Waals surface area (Å²) >= 11 is 0. The average Bonchev–Trinajstić information content (AvgIpc) is 2.54. The summed E-state index contributed by atoms with van der Waals surface area (Å²) in [5, 5.41) is 0. The normalized spacial score (nSPS) is 11.0. The maximum absolute atomic E-state index is 12.5. The summed E-state index contributed by atoms with van der Waals surface area (Å²) in [4.78, 5) is 14.1. The van der Waals surface area contributed by atoms with E-state index >= 15 is 0 Å². The van der Waals surface area contributed by atoms with E-state index in [0.717, 1.165) is 12.8 Å². The van der Waals surface area contributed by atoms with Gasteiger partial charge in [0.15, 0.2) is 0 Å². The molecule has 0 radical (unpaired) electrons. The molecule has 0 heterocycles. The van der Waals surface area contributed by atoms with Crippen LogP contribution in [0.5, 0.6) is 0 Å². The Hall–Kier alpha value is -1.92. The predicted molar refractivity (Wildman–Crippen MR) is 92.8 cm³/mol. The highest BCUT2D eigenvalue weighted by Crippen LogP contribution is 2.13. The molecule has 1 aromatic carbocycles. The van der Waals surface area contributed by atoms with Crippen molar-refractivity contribution in [3.8, 4) is 0 Å². The number of amides is 1. The fourth-order valence-electron chi connectivity index (χ4n) is 2.00. The lowest BCUT2D eigenvalue weighted by Crippen LogP contribution is -2.31. The molecule has 5 nitrogen and oxygen atoms in total. The zero-order chi connectivity index (χ0) is 17.3. The van der Waals surface area contributed by atoms with Crippen LogP contribution in [0.2, 0.25) is 0 Å². The third-order valence-corrected chi connectivity index (χ3v) is 4.66. The van der Waals surface area contributed by atoms with E-state index in [1.807, 2.05) is 6.92 Å². The first kappa shape index (κ1) is 19.1. The topological polar surface area (TPSA) is 66.5 Å². The van der Waals surface area contributed by atoms with Gasteiger partial charge in [0, 0.05) is 25.2 Å². The largest absolute Gasteiger partial charge is 0.331 e. The molecule has 0 aliphatic heterocycles. The molecule has 1 N–H and O–H groups in total. The second-order valence-electron chi connectivity index (χ2n) is 5.07. The molecular formula is C17H24N2O3S. The minimum atomic E-state index is -3.60. The molecule has 0 saturated heterocycles. The van der Waals surface area contributed by atoms with Crippen LogP contribution in [0.15, 0.2) is 54.5 Å². The summed E-state index contributed by atoms with van der Waals surface area (Å²) in [6.45, 7) is 10.4. The van der Waals surface area contributed by atoms with Gasteiger partial charge in [0.25, 0.3) is 5.91 Å². The lowest BCUT2D eigenvalue weighted by atomic mass is 10.2. The maximum atomic E-state index is 12.5. The van der Waals surface area contributed by atoms with Gasteiger partial charge in [0.05, 0.1) is 4.90 Å². The van der Waals surface area contributed by atoms with Crippen molar-refractivity contribution in [1.29, 1.82) is 0 Å². The van der Waals surface area contributed by atoms with Gasteiger partial charge in [-0.05, 0) is 24.6 Å². The van der Waals surface area contributed by atoms with E-state index in [1.165, 1.54) is 17.0 Å². The number of hydrogen-bond donors (Lipinski definition) is 1. The minimum absolute atomic E-state index is 0.0941. The number of carbonyl (C=O) groups is 1. The summed E-state index contributed by atoms with van der Waals surface area (Å²) in [6.07, 6.45) is 4.91. The Labute approximate surface area is 138 Å². The van der Waals surface area contributed by atoms with Crippen LogP contribution in [0.25, 0.3) is 0 Å². The molecule has 1 aromatic rings. The number of nitrogens with one attached hydrogen (secondary N) is 1. The van der Waals surface area contributed by atoms with Gasteiger partial charge in [-0.1, -0.05) is 31.6 Å². The number of nitrogens with zero attached hydrogens (tertiary/aromatic N) is 1. The minimum Gasteiger partial charge on any atom is -0.331 e. The highest BCUT2D eigenvalue weighted by Gasteiger charge is 2.18. The van der Waals surface area contributed by atoms with E-state index in [1.54, 1.807) is 24.3 Å². The Bertz CT molecular complexity index is 644. The first-order valence-corrected chi connectivity index (χ1v) is 9.05. The van der Waals surface area contributed by atoms with Gasteiger partial charge < -0.3 is 4.90 Å². The van der Waals surface area contributed by atoms with E-state index < -0.39 is 10.0 Å². The average molecular weight is 336 g/mol. The fourth-order valence-corrected chi connectivity index (χ4v) is 3.12. The van der Waals surface area contributed by atoms with E-state index in [-0.39, 0.29) is 10.8 Å². The summed E-state index contributed by atoms with van der Waals surface area (Å²) < 4.78 is 27.0. The van der Waals surface area contributed by atoms with Gasteiger partial charge in [-0.25, -0.2) is 13.1 Å². The molecule has 0 fully saturated rings. The van der Waals surface area contributed by atoms with Crippen molar-refractivity contribution < 1.29 is 13.2 Å². The SMILES string of the molecule is C=CCN(CC=C)C(=O)c1cccc(S(=O)(=O)NCCCC)c1. The van der Waals surface area contributed by atoms with E-state index in [4.69, 9.17) is 0 Å². The maximum Gasteiger partial charge on any atom is 0.254 e. The van der Waals surface area contributed by atoms with Gasteiger partial charge in [0.1, 0.15) is 0 Å². The van der Waals surface area contributed by atoms with Gasteiger partial charge in [-0.2, -0.15) is 0 Å². The molecule has 1 amide bonds. The lowest BCUT2D eigenvalue weighted by molar-refractivity contribution is 0.0790. The zero-order valence-corrected chi connectivity index (χ0v) is 14.3. The molecule has 0 saturated carbocycles. The number of unbranched alkanes of at least 4 members (excludes halogenated alkanes) is 1. The van der Waals surface area contributed by atoms with Crippen LogP contribution >= 0.6 is 0 Å². The lowest BCUT2D eigenvalue weighted by Gasteiger charge is -2.19. The van der Waals surface area contributed by atoms with Crippen LogP contribution in [0, 0.1) is 0 Å². The third-order valence-electron chi connectivity index (χ3n) is 3.20. The molecule has 0 atom stereocenters. The number of benzene rings is 1. The van der Waals surface area contributed by atoms with Crippen molar-refractivity contribution in [2.24, 2.45) is 0 Å². The Morgan fingerprint density at radius 1 is 1.26 bits per heavy atom. The zero-order valence-electron chi connectivity index (χ0n) is 13.5. The predicted octanol–water partition coefficient (Wildman–Crippen LogP) is 2.58. The third kappa shape index (κ3) is 5.65. The molecule has 0 aliphatic rings. The molecule has 0 bridgehead atoms. The van der Waals surface area contributed by atoms with Gasteiger partial charge >= 0.3 is 0 Å². The monoisotopic (exact) mass is 336 g/mol. The molecule has 0 spiro atoms. The first-order chi connectivity index (χ1) is 11.0. The summed E-state index contributed by atoms with van der Waals surface area (Å²) in [5.41, 5.74) is 0.326. The second-order valence-corrected chi connectivity index (χ2v) is 6.83. The molecule has 0 aromatic heterocycles. The van der Waals surface area contributed by atoms with Crippen LogP contribution in [0.1, 0.15) is 30.1 Å². The van der Waals surface area contributed by atoms with Crippen LogP contribution < -0.4 is 4.72 Å². The van der Waals surface area contributed by atoms with E-state index in [0.29, 0.717) is 25.2 Å². The van der Waals surface area contributed by atoms with Crippen LogP contribution in [-0.2, 0) is 10.0 Å². The fraction of sp³-hybridized carbons (Fsp3) is 0.353. The molecule has 23 heavy (non-hydrogen) atoms. The number of rotatable bonds is 10. The van der Waals surface area contributed by atoms with Crippen molar-refractivity contribution in [3.63, 3.8) is 0 Å². The Balaban J connectivity index is 3.01. The van der Waals surface area contributed by atoms with Gasteiger partial charge in [-0.15, -0.1) is 13.2 Å². The van der Waals surface area contributed by atoms with Crippen molar-refractivity contribution in [1.82, 2.24) is 9.62 Å². The molecule has 1 rings (SSSR count). The Kier molecular flexibility index (Phi) is 7.71. The van der Waals surface area contributed by atoms with Crippen molar-refractivity contribution >= 4 is 15.9 Å². The first-order valence-electron chi connectivity index (χ1n) is 7.57. The van der Waals surface area contributed by atoms with Crippen molar-refractivity contribution in [3.05, 3.63) is 55.1 Å². The summed E-state index contributed by atoms with van der Waals surface area (Å²) in [6, 6.07) is 6.06. The molecular weight excluding hydrogens is 312 g/mol. The Morgan fingerprint density at radius 2 is 1.91 bits per heavy atom. The van der Waals surface area contributed by atoms with Gasteiger partial charge in [-0.3, -0.25) is 4.79 Å². The smallest absolute Gasteiger partial charge is 0.254 e. The number of carbonyl (C=O) groups excluding carboxylic acids is 1. The number of sulfonamides is 1. The molecule has 126 valence electrons. The quantitative estimate of drug-likeness (QED) is 0.527. The van der Waals surface area contributed by atoms with Crippen molar-refractivity contribution in [2.75, 3.05) is 19.6 Å². The highest BCUT2D eigenvalue weighted by atomic mass is 32.2. The highest BCUT2D eigenvalue weighted by molar-refractivity contribution is 7.89. The molecule has 0 aliphatic carbocycles. The van der Waals surface area contributed by atoms with E-state index in [2.05, 4.69) is 17.9 Å². The van der Waals surface area contributed by atoms with Gasteiger partial charge in [0.2, 0.25) is 10.0 Å².